The highest BCUT2D eigenvalue weighted by atomic mass is 16.5. The van der Waals surface area contributed by atoms with Crippen LogP contribution in [-0.4, -0.2) is 40.4 Å². The number of nitrogens with one attached hydrogen (secondary N) is 1. The first-order valence-electron chi connectivity index (χ1n) is 7.20. The Morgan fingerprint density at radius 1 is 1.29 bits per heavy atom. The van der Waals surface area contributed by atoms with Crippen molar-refractivity contribution in [1.82, 2.24) is 15.1 Å². The fraction of sp³-hybridized carbons (Fsp3) is 0.250. The molecule has 0 radical (unpaired) electrons. The summed E-state index contributed by atoms with van der Waals surface area (Å²) in [7, 11) is 1.55. The van der Waals surface area contributed by atoms with Crippen molar-refractivity contribution in [3.63, 3.8) is 0 Å². The minimum atomic E-state index is -1.01. The Morgan fingerprint density at radius 2 is 2.08 bits per heavy atom. The number of hydrogen-bond donors (Lipinski definition) is 2. The summed E-state index contributed by atoms with van der Waals surface area (Å²) < 4.78 is 6.18. The second-order valence-corrected chi connectivity index (χ2v) is 4.94. The average molecular weight is 331 g/mol. The van der Waals surface area contributed by atoms with E-state index in [4.69, 9.17) is 9.84 Å². The first-order chi connectivity index (χ1) is 11.5. The topological polar surface area (TPSA) is 111 Å². The normalized spacial score (nSPS) is 10.2. The summed E-state index contributed by atoms with van der Waals surface area (Å²) >= 11 is 0. The van der Waals surface area contributed by atoms with Gasteiger partial charge in [-0.2, -0.15) is 5.10 Å². The number of methoxy groups -OCH3 is 1. The van der Waals surface area contributed by atoms with Gasteiger partial charge in [-0.15, -0.1) is 0 Å². The van der Waals surface area contributed by atoms with Crippen LogP contribution >= 0.6 is 0 Å². The molecule has 1 amide bonds. The van der Waals surface area contributed by atoms with E-state index in [2.05, 4.69) is 10.4 Å². The number of hydrogen-bond acceptors (Lipinski definition) is 5. The van der Waals surface area contributed by atoms with E-state index in [0.717, 1.165) is 10.2 Å². The largest absolute Gasteiger partial charge is 0.497 e. The number of aromatic nitrogens is 2. The van der Waals surface area contributed by atoms with E-state index in [0.29, 0.717) is 11.4 Å². The van der Waals surface area contributed by atoms with Gasteiger partial charge in [-0.3, -0.25) is 14.4 Å². The molecule has 0 fully saturated rings. The summed E-state index contributed by atoms with van der Waals surface area (Å²) in [5, 5.41) is 15.1. The molecule has 2 N–H and O–H groups in total. The van der Waals surface area contributed by atoms with Crippen molar-refractivity contribution in [2.45, 2.75) is 13.0 Å². The monoisotopic (exact) mass is 331 g/mol. The fourth-order valence-electron chi connectivity index (χ4n) is 2.00. The summed E-state index contributed by atoms with van der Waals surface area (Å²) in [6, 6.07) is 10.1. The molecular formula is C16H17N3O5. The van der Waals surface area contributed by atoms with Gasteiger partial charge in [0.25, 0.3) is 5.56 Å². The van der Waals surface area contributed by atoms with Gasteiger partial charge in [-0.25, -0.2) is 4.68 Å². The molecule has 0 aliphatic carbocycles. The van der Waals surface area contributed by atoms with Crippen LogP contribution in [0.5, 0.6) is 5.75 Å². The van der Waals surface area contributed by atoms with Crippen molar-refractivity contribution in [1.29, 1.82) is 0 Å². The predicted octanol–water partition coefficient (Wildman–Crippen LogP) is 0.510. The van der Waals surface area contributed by atoms with Crippen LogP contribution in [0.1, 0.15) is 6.42 Å². The molecular weight excluding hydrogens is 314 g/mol. The maximum Gasteiger partial charge on any atom is 0.305 e. The lowest BCUT2D eigenvalue weighted by molar-refractivity contribution is -0.136. The van der Waals surface area contributed by atoms with Crippen LogP contribution in [-0.2, 0) is 16.1 Å². The van der Waals surface area contributed by atoms with E-state index in [1.54, 1.807) is 31.4 Å². The predicted molar refractivity (Wildman–Crippen MR) is 85.7 cm³/mol. The molecule has 1 aromatic carbocycles. The minimum Gasteiger partial charge on any atom is -0.497 e. The zero-order valence-electron chi connectivity index (χ0n) is 13.1. The van der Waals surface area contributed by atoms with E-state index in [9.17, 15) is 14.4 Å². The van der Waals surface area contributed by atoms with Gasteiger partial charge >= 0.3 is 5.97 Å². The zero-order valence-corrected chi connectivity index (χ0v) is 13.1. The molecule has 0 unspecified atom stereocenters. The summed E-state index contributed by atoms with van der Waals surface area (Å²) in [6.45, 7) is -0.283. The van der Waals surface area contributed by atoms with Crippen molar-refractivity contribution >= 4 is 11.9 Å². The number of carboxylic acid groups (broad SMARTS) is 1. The van der Waals surface area contributed by atoms with Crippen molar-refractivity contribution in [3.05, 3.63) is 46.8 Å². The molecule has 8 heteroatoms. The lowest BCUT2D eigenvalue weighted by atomic mass is 10.1. The summed E-state index contributed by atoms with van der Waals surface area (Å²) in [4.78, 5) is 34.0. The van der Waals surface area contributed by atoms with Gasteiger partial charge in [0.05, 0.1) is 19.2 Å². The van der Waals surface area contributed by atoms with Gasteiger partial charge in [-0.1, -0.05) is 12.1 Å². The van der Waals surface area contributed by atoms with Gasteiger partial charge in [0, 0.05) is 18.2 Å². The minimum absolute atomic E-state index is 0.00150. The number of ether oxygens (including phenoxy) is 1. The number of carboxylic acids is 1. The summed E-state index contributed by atoms with van der Waals surface area (Å²) in [5.74, 6) is -0.835. The molecule has 24 heavy (non-hydrogen) atoms. The van der Waals surface area contributed by atoms with Crippen LogP contribution in [0.15, 0.2) is 41.2 Å². The number of nitrogens with zero attached hydrogens (tertiary/aromatic N) is 2. The molecule has 8 nitrogen and oxygen atoms in total. The van der Waals surface area contributed by atoms with Crippen molar-refractivity contribution in [2.24, 2.45) is 0 Å². The van der Waals surface area contributed by atoms with Crippen LogP contribution in [0.2, 0.25) is 0 Å². The van der Waals surface area contributed by atoms with E-state index in [-0.39, 0.29) is 19.5 Å². The molecule has 0 spiro atoms. The Bertz CT molecular complexity index is 800. The maximum atomic E-state index is 11.8. The number of amides is 1. The highest BCUT2D eigenvalue weighted by molar-refractivity contribution is 5.76. The lowest BCUT2D eigenvalue weighted by Crippen LogP contribution is -2.34. The summed E-state index contributed by atoms with van der Waals surface area (Å²) in [6.07, 6.45) is -0.183. The summed E-state index contributed by atoms with van der Waals surface area (Å²) in [5.41, 5.74) is 0.844. The number of benzene rings is 1. The maximum absolute atomic E-state index is 11.8. The number of carbonyl (C=O) groups is 2. The fourth-order valence-corrected chi connectivity index (χ4v) is 2.00. The van der Waals surface area contributed by atoms with Gasteiger partial charge in [0.1, 0.15) is 12.3 Å². The van der Waals surface area contributed by atoms with Crippen molar-refractivity contribution < 1.29 is 19.4 Å². The van der Waals surface area contributed by atoms with E-state index >= 15 is 0 Å². The Kier molecular flexibility index (Phi) is 5.67. The molecule has 1 aromatic heterocycles. The molecule has 0 saturated carbocycles. The number of rotatable bonds is 7. The first-order valence-corrected chi connectivity index (χ1v) is 7.20. The second-order valence-electron chi connectivity index (χ2n) is 4.94. The number of aliphatic carboxylic acids is 1. The highest BCUT2D eigenvalue weighted by Gasteiger charge is 2.09. The molecule has 0 aliphatic rings. The molecule has 2 aromatic rings. The lowest BCUT2D eigenvalue weighted by Gasteiger charge is -2.08. The molecule has 126 valence electrons. The molecule has 0 bridgehead atoms. The Hall–Kier alpha value is -3.16. The zero-order chi connectivity index (χ0) is 17.5. The van der Waals surface area contributed by atoms with Crippen LogP contribution < -0.4 is 15.6 Å². The van der Waals surface area contributed by atoms with E-state index in [1.165, 1.54) is 6.07 Å². The van der Waals surface area contributed by atoms with Crippen molar-refractivity contribution in [3.8, 4) is 17.0 Å². The Labute approximate surface area is 137 Å². The van der Waals surface area contributed by atoms with Crippen molar-refractivity contribution in [2.75, 3.05) is 13.7 Å². The molecule has 0 aliphatic heterocycles. The highest BCUT2D eigenvalue weighted by Crippen LogP contribution is 2.20. The van der Waals surface area contributed by atoms with Gasteiger partial charge in [0.2, 0.25) is 5.91 Å². The quantitative estimate of drug-likeness (QED) is 0.765. The Balaban J connectivity index is 2.15. The van der Waals surface area contributed by atoms with E-state index < -0.39 is 17.4 Å². The standard InChI is InChI=1S/C16H17N3O5/c1-24-12-4-2-3-11(9-12)13-5-6-15(21)19(18-13)10-14(20)17-8-7-16(22)23/h2-6,9H,7-8,10H2,1H3,(H,17,20)(H,22,23). The van der Waals surface area contributed by atoms with Crippen LogP contribution in [0.25, 0.3) is 11.3 Å². The molecule has 1 heterocycles. The van der Waals surface area contributed by atoms with Crippen LogP contribution in [0.3, 0.4) is 0 Å². The third-order valence-corrected chi connectivity index (χ3v) is 3.19. The smallest absolute Gasteiger partial charge is 0.305 e. The molecule has 0 saturated heterocycles. The average Bonchev–Trinajstić information content (AvgIpc) is 2.56. The third kappa shape index (κ3) is 4.67. The van der Waals surface area contributed by atoms with Gasteiger partial charge in [0.15, 0.2) is 0 Å². The molecule has 0 atom stereocenters. The van der Waals surface area contributed by atoms with Gasteiger partial charge in [-0.05, 0) is 18.2 Å². The van der Waals surface area contributed by atoms with Crippen LogP contribution in [0.4, 0.5) is 0 Å². The van der Waals surface area contributed by atoms with Gasteiger partial charge < -0.3 is 15.2 Å². The SMILES string of the molecule is COc1cccc(-c2ccc(=O)n(CC(=O)NCCC(=O)O)n2)c1. The van der Waals surface area contributed by atoms with Crippen LogP contribution in [0, 0.1) is 0 Å². The van der Waals surface area contributed by atoms with E-state index in [1.807, 2.05) is 6.07 Å². The third-order valence-electron chi connectivity index (χ3n) is 3.19. The Morgan fingerprint density at radius 3 is 2.79 bits per heavy atom. The number of carbonyl (C=O) groups excluding carboxylic acids is 1. The first kappa shape index (κ1) is 17.2. The second kappa shape index (κ2) is 7.91. The molecule has 2 rings (SSSR count).